The summed E-state index contributed by atoms with van der Waals surface area (Å²) in [7, 11) is -3.91. The summed E-state index contributed by atoms with van der Waals surface area (Å²) in [6.45, 7) is 2.12. The molecular formula is C29H34F4N4O4S. The Kier molecular flexibility index (Phi) is 8.18. The van der Waals surface area contributed by atoms with Crippen molar-refractivity contribution in [3.63, 3.8) is 0 Å². The Bertz CT molecular complexity index is 1490. The molecule has 8 nitrogen and oxygen atoms in total. The summed E-state index contributed by atoms with van der Waals surface area (Å²) >= 11 is 0. The van der Waals surface area contributed by atoms with Crippen LogP contribution in [0.5, 0.6) is 0 Å². The average molecular weight is 611 g/mol. The fraction of sp³-hybridized carbons (Fsp3) is 0.483. The fourth-order valence-electron chi connectivity index (χ4n) is 5.48. The van der Waals surface area contributed by atoms with Gasteiger partial charge in [-0.15, -0.1) is 0 Å². The molecular weight excluding hydrogens is 576 g/mol. The molecule has 2 heterocycles. The molecule has 0 bridgehead atoms. The molecule has 0 atom stereocenters. The van der Waals surface area contributed by atoms with Crippen molar-refractivity contribution in [2.75, 3.05) is 52.6 Å². The highest BCUT2D eigenvalue weighted by molar-refractivity contribution is 7.94. The highest BCUT2D eigenvalue weighted by Crippen LogP contribution is 2.44. The van der Waals surface area contributed by atoms with Gasteiger partial charge in [0.15, 0.2) is 0 Å². The summed E-state index contributed by atoms with van der Waals surface area (Å²) in [6, 6.07) is 9.79. The number of benzene rings is 2. The quantitative estimate of drug-likeness (QED) is 0.342. The van der Waals surface area contributed by atoms with E-state index in [1.165, 1.54) is 18.2 Å². The zero-order valence-electron chi connectivity index (χ0n) is 23.2. The zero-order valence-corrected chi connectivity index (χ0v) is 24.0. The number of sulfonamides is 1. The van der Waals surface area contributed by atoms with Gasteiger partial charge in [-0.2, -0.15) is 8.78 Å². The first-order chi connectivity index (χ1) is 19.8. The lowest BCUT2D eigenvalue weighted by Crippen LogP contribution is -2.39. The summed E-state index contributed by atoms with van der Waals surface area (Å²) in [6.07, 6.45) is -1.34. The van der Waals surface area contributed by atoms with E-state index in [1.807, 2.05) is 17.9 Å². The minimum absolute atomic E-state index is 0.0514. The second-order valence-corrected chi connectivity index (χ2v) is 13.5. The Hall–Kier alpha value is -3.32. The molecule has 2 aliphatic heterocycles. The number of nitrogens with zero attached hydrogens (tertiary/aromatic N) is 2. The van der Waals surface area contributed by atoms with Crippen molar-refractivity contribution < 1.29 is 35.9 Å². The van der Waals surface area contributed by atoms with E-state index in [4.69, 9.17) is 0 Å². The number of hydrogen-bond donors (Lipinski definition) is 3. The summed E-state index contributed by atoms with van der Waals surface area (Å²) in [4.78, 5) is 17.2. The number of aliphatic hydroxyl groups is 1. The van der Waals surface area contributed by atoms with E-state index in [0.29, 0.717) is 29.9 Å². The Morgan fingerprint density at radius 2 is 1.60 bits per heavy atom. The van der Waals surface area contributed by atoms with Crippen LogP contribution in [0.3, 0.4) is 0 Å². The van der Waals surface area contributed by atoms with Crippen molar-refractivity contribution in [3.8, 4) is 0 Å². The van der Waals surface area contributed by atoms with Crippen molar-refractivity contribution in [1.29, 1.82) is 0 Å². The van der Waals surface area contributed by atoms with E-state index in [9.17, 15) is 35.9 Å². The number of hydrogen-bond acceptors (Lipinski definition) is 6. The lowest BCUT2D eigenvalue weighted by Gasteiger charge is -2.34. The smallest absolute Gasteiger partial charge is 0.269 e. The Morgan fingerprint density at radius 1 is 0.929 bits per heavy atom. The largest absolute Gasteiger partial charge is 0.395 e. The third kappa shape index (κ3) is 6.36. The predicted molar refractivity (Wildman–Crippen MR) is 154 cm³/mol. The summed E-state index contributed by atoms with van der Waals surface area (Å²) in [5, 5.41) is 12.5. The second-order valence-electron chi connectivity index (χ2n) is 11.4. The topological polar surface area (TPSA) is 102 Å². The molecule has 13 heteroatoms. The van der Waals surface area contributed by atoms with Crippen molar-refractivity contribution in [2.45, 2.75) is 56.1 Å². The lowest BCUT2D eigenvalue weighted by atomic mass is 10.0. The molecule has 3 aliphatic rings. The van der Waals surface area contributed by atoms with E-state index in [2.05, 4.69) is 10.0 Å². The van der Waals surface area contributed by atoms with E-state index < -0.39 is 39.3 Å². The number of rotatable bonds is 8. The van der Waals surface area contributed by atoms with Gasteiger partial charge in [0.25, 0.3) is 17.9 Å². The first kappa shape index (κ1) is 30.1. The maximum absolute atomic E-state index is 13.7. The molecule has 42 heavy (non-hydrogen) atoms. The highest BCUT2D eigenvalue weighted by Gasteiger charge is 2.54. The molecule has 228 valence electrons. The molecule has 3 N–H and O–H groups in total. The van der Waals surface area contributed by atoms with Gasteiger partial charge >= 0.3 is 0 Å². The fourth-order valence-corrected chi connectivity index (χ4v) is 6.94. The van der Waals surface area contributed by atoms with Crippen LogP contribution in [-0.4, -0.2) is 62.9 Å². The number of carbonyl (C=O) groups is 1. The van der Waals surface area contributed by atoms with Crippen molar-refractivity contribution >= 4 is 38.7 Å². The van der Waals surface area contributed by atoms with Crippen LogP contribution in [0.4, 0.5) is 40.3 Å². The maximum Gasteiger partial charge on any atom is 0.269 e. The molecule has 3 fully saturated rings. The summed E-state index contributed by atoms with van der Waals surface area (Å²) < 4.78 is 80.9. The first-order valence-corrected chi connectivity index (χ1v) is 15.4. The van der Waals surface area contributed by atoms with Gasteiger partial charge in [0, 0.05) is 50.4 Å². The highest BCUT2D eigenvalue weighted by atomic mass is 32.2. The number of aliphatic hydroxyl groups excluding tert-OH is 1. The number of piperidine rings is 2. The Balaban J connectivity index is 1.41. The Morgan fingerprint density at radius 3 is 2.19 bits per heavy atom. The third-order valence-corrected chi connectivity index (χ3v) is 10.5. The van der Waals surface area contributed by atoms with Crippen molar-refractivity contribution in [3.05, 3.63) is 59.2 Å². The van der Waals surface area contributed by atoms with Crippen LogP contribution >= 0.6 is 0 Å². The molecule has 0 spiro atoms. The monoisotopic (exact) mass is 610 g/mol. The molecule has 2 aromatic rings. The van der Waals surface area contributed by atoms with Crippen LogP contribution < -0.4 is 19.8 Å². The van der Waals surface area contributed by atoms with E-state index in [0.717, 1.165) is 5.56 Å². The van der Waals surface area contributed by atoms with Crippen LogP contribution in [0, 0.1) is 6.92 Å². The van der Waals surface area contributed by atoms with Crippen LogP contribution in [0.25, 0.3) is 0 Å². The zero-order chi connectivity index (χ0) is 30.3. The number of aryl methyl sites for hydroxylation is 1. The lowest BCUT2D eigenvalue weighted by molar-refractivity contribution is -0.0220. The molecule has 2 saturated heterocycles. The van der Waals surface area contributed by atoms with E-state index >= 15 is 0 Å². The average Bonchev–Trinajstić information content (AvgIpc) is 3.75. The number of carbonyl (C=O) groups excluding carboxylic acids is 1. The van der Waals surface area contributed by atoms with Gasteiger partial charge in [-0.3, -0.25) is 9.52 Å². The molecule has 0 radical (unpaired) electrons. The van der Waals surface area contributed by atoms with Crippen LogP contribution in [0.2, 0.25) is 0 Å². The maximum atomic E-state index is 13.7. The molecule has 1 saturated carbocycles. The van der Waals surface area contributed by atoms with Crippen LogP contribution in [-0.2, 0) is 10.0 Å². The number of alkyl halides is 2. The van der Waals surface area contributed by atoms with Gasteiger partial charge < -0.3 is 20.2 Å². The van der Waals surface area contributed by atoms with Crippen LogP contribution in [0.1, 0.15) is 54.4 Å². The standard InChI is InChI=1S/C29H34F4N4O4S/c1-19-14-22(16-23(15-19)36-12-8-29(32,33)9-13-36)34-27(39)24-3-2-21(35-42(40,41)28(18-38)6-7-28)17-25(24)37-10-4-20(5-11-37)26(30)31/h2-3,14-17,35,38H,4-13,18H2,1H3,(H,34,39). The molecule has 0 unspecified atom stereocenters. The van der Waals surface area contributed by atoms with Gasteiger partial charge in [0.2, 0.25) is 10.0 Å². The van der Waals surface area contributed by atoms with E-state index in [-0.39, 0.29) is 68.7 Å². The summed E-state index contributed by atoms with van der Waals surface area (Å²) in [5.74, 6) is -3.18. The summed E-state index contributed by atoms with van der Waals surface area (Å²) in [5.41, 5.74) is 2.85. The minimum Gasteiger partial charge on any atom is -0.395 e. The second kappa shape index (κ2) is 11.4. The molecule has 2 aromatic carbocycles. The minimum atomic E-state index is -3.91. The number of amides is 1. The number of halogens is 4. The molecule has 1 amide bonds. The normalized spacial score (nSPS) is 19.8. The SMILES string of the molecule is Cc1cc(NC(=O)c2ccc(NS(=O)(=O)C3(CO)CC3)cc2N2CCC(=C(F)F)CC2)cc(N2CCC(F)(F)CC2)c1. The number of nitrogens with one attached hydrogen (secondary N) is 2. The molecule has 1 aliphatic carbocycles. The van der Waals surface area contributed by atoms with E-state index in [1.54, 1.807) is 17.0 Å². The van der Waals surface area contributed by atoms with Crippen molar-refractivity contribution in [1.82, 2.24) is 0 Å². The van der Waals surface area contributed by atoms with Gasteiger partial charge in [-0.05, 0) is 80.1 Å². The first-order valence-electron chi connectivity index (χ1n) is 13.9. The van der Waals surface area contributed by atoms with Crippen molar-refractivity contribution in [2.24, 2.45) is 0 Å². The molecule has 5 rings (SSSR count). The van der Waals surface area contributed by atoms with Crippen LogP contribution in [0.15, 0.2) is 48.1 Å². The molecule has 0 aromatic heterocycles. The third-order valence-electron chi connectivity index (χ3n) is 8.32. The van der Waals surface area contributed by atoms with Gasteiger partial charge in [0.1, 0.15) is 4.75 Å². The van der Waals surface area contributed by atoms with Gasteiger partial charge in [-0.25, -0.2) is 17.2 Å². The van der Waals surface area contributed by atoms with Gasteiger partial charge in [0.05, 0.1) is 23.5 Å². The Labute approximate surface area is 242 Å². The number of anilines is 4. The van der Waals surface area contributed by atoms with Gasteiger partial charge in [-0.1, -0.05) is 0 Å². The predicted octanol–water partition coefficient (Wildman–Crippen LogP) is 5.50.